The van der Waals surface area contributed by atoms with Crippen LogP contribution in [-0.2, 0) is 0 Å². The second-order valence-electron chi connectivity index (χ2n) is 3.94. The SMILES string of the molecule is C/C(=C\c1ccccc1N=[N+]=[N-])c1ccccc1. The third-order valence-electron chi connectivity index (χ3n) is 2.69. The Morgan fingerprint density at radius 3 is 2.44 bits per heavy atom. The van der Waals surface area contributed by atoms with Gasteiger partial charge in [-0.1, -0.05) is 65.8 Å². The highest BCUT2D eigenvalue weighted by molar-refractivity contribution is 5.83. The largest absolute Gasteiger partial charge is 0.0622 e. The fourth-order valence-corrected chi connectivity index (χ4v) is 1.77. The van der Waals surface area contributed by atoms with Crippen LogP contribution >= 0.6 is 0 Å². The predicted molar refractivity (Wildman–Crippen MR) is 75.2 cm³/mol. The third-order valence-corrected chi connectivity index (χ3v) is 2.69. The van der Waals surface area contributed by atoms with Gasteiger partial charge in [0.25, 0.3) is 0 Å². The summed E-state index contributed by atoms with van der Waals surface area (Å²) in [4.78, 5) is 2.84. The molecule has 2 rings (SSSR count). The first-order chi connectivity index (χ1) is 8.81. The highest BCUT2D eigenvalue weighted by atomic mass is 15.1. The van der Waals surface area contributed by atoms with Crippen LogP contribution in [0.1, 0.15) is 18.1 Å². The van der Waals surface area contributed by atoms with Gasteiger partial charge in [0, 0.05) is 10.6 Å². The van der Waals surface area contributed by atoms with Crippen LogP contribution in [0.25, 0.3) is 22.1 Å². The molecule has 0 aliphatic carbocycles. The van der Waals surface area contributed by atoms with Crippen LogP contribution in [-0.4, -0.2) is 0 Å². The smallest absolute Gasteiger partial charge is 0.0447 e. The number of rotatable bonds is 3. The molecule has 0 aliphatic rings. The minimum atomic E-state index is 0.648. The minimum Gasteiger partial charge on any atom is -0.0622 e. The Bertz CT molecular complexity index is 609. The molecule has 3 nitrogen and oxygen atoms in total. The summed E-state index contributed by atoms with van der Waals surface area (Å²) < 4.78 is 0. The van der Waals surface area contributed by atoms with E-state index < -0.39 is 0 Å². The minimum absolute atomic E-state index is 0.648. The van der Waals surface area contributed by atoms with Gasteiger partial charge in [-0.05, 0) is 29.2 Å². The molecule has 0 fully saturated rings. The van der Waals surface area contributed by atoms with Crippen LogP contribution in [0.15, 0.2) is 59.7 Å². The summed E-state index contributed by atoms with van der Waals surface area (Å²) in [6, 6.07) is 17.7. The van der Waals surface area contributed by atoms with Gasteiger partial charge in [-0.2, -0.15) is 0 Å². The number of nitrogens with zero attached hydrogens (tertiary/aromatic N) is 3. The maximum Gasteiger partial charge on any atom is 0.0447 e. The lowest BCUT2D eigenvalue weighted by molar-refractivity contribution is 1.45. The summed E-state index contributed by atoms with van der Waals surface area (Å²) in [6.45, 7) is 2.04. The van der Waals surface area contributed by atoms with Crippen LogP contribution in [0, 0.1) is 0 Å². The predicted octanol–water partition coefficient (Wildman–Crippen LogP) is 5.19. The van der Waals surface area contributed by atoms with Crippen molar-refractivity contribution in [3.8, 4) is 0 Å². The van der Waals surface area contributed by atoms with Crippen molar-refractivity contribution in [2.24, 2.45) is 5.11 Å². The topological polar surface area (TPSA) is 48.8 Å². The zero-order chi connectivity index (χ0) is 12.8. The van der Waals surface area contributed by atoms with Gasteiger partial charge in [0.15, 0.2) is 0 Å². The molecule has 0 aliphatic heterocycles. The summed E-state index contributed by atoms with van der Waals surface area (Å²) >= 11 is 0. The molecule has 0 N–H and O–H groups in total. The Morgan fingerprint density at radius 2 is 1.72 bits per heavy atom. The summed E-state index contributed by atoms with van der Waals surface area (Å²) in [5.41, 5.74) is 12.4. The molecule has 0 saturated carbocycles. The summed E-state index contributed by atoms with van der Waals surface area (Å²) in [5, 5.41) is 3.69. The lowest BCUT2D eigenvalue weighted by Crippen LogP contribution is -1.79. The van der Waals surface area contributed by atoms with Gasteiger partial charge in [-0.25, -0.2) is 0 Å². The maximum absolute atomic E-state index is 8.53. The molecule has 0 radical (unpaired) electrons. The van der Waals surface area contributed by atoms with Crippen LogP contribution in [0.5, 0.6) is 0 Å². The van der Waals surface area contributed by atoms with Gasteiger partial charge >= 0.3 is 0 Å². The Morgan fingerprint density at radius 1 is 1.06 bits per heavy atom. The number of hydrogen-bond acceptors (Lipinski definition) is 1. The van der Waals surface area contributed by atoms with Crippen LogP contribution in [0.3, 0.4) is 0 Å². The standard InChI is InChI=1S/C15H13N3/c1-12(13-7-3-2-4-8-13)11-14-9-5-6-10-15(14)17-18-16/h2-11H,1H3/b12-11+. The second kappa shape index (κ2) is 5.71. The zero-order valence-electron chi connectivity index (χ0n) is 10.1. The van der Waals surface area contributed by atoms with Crippen molar-refractivity contribution in [3.63, 3.8) is 0 Å². The first-order valence-corrected chi connectivity index (χ1v) is 5.69. The van der Waals surface area contributed by atoms with E-state index in [0.717, 1.165) is 16.7 Å². The second-order valence-corrected chi connectivity index (χ2v) is 3.94. The molecule has 0 spiro atoms. The van der Waals surface area contributed by atoms with E-state index in [-0.39, 0.29) is 0 Å². The van der Waals surface area contributed by atoms with Gasteiger partial charge in [0.1, 0.15) is 0 Å². The Balaban J connectivity index is 2.42. The van der Waals surface area contributed by atoms with Crippen LogP contribution in [0.4, 0.5) is 5.69 Å². The van der Waals surface area contributed by atoms with E-state index >= 15 is 0 Å². The summed E-state index contributed by atoms with van der Waals surface area (Å²) in [6.07, 6.45) is 2.03. The quantitative estimate of drug-likeness (QED) is 0.304. The van der Waals surface area contributed by atoms with Gasteiger partial charge in [-0.15, -0.1) is 0 Å². The van der Waals surface area contributed by atoms with Crippen LogP contribution < -0.4 is 0 Å². The van der Waals surface area contributed by atoms with Gasteiger partial charge < -0.3 is 0 Å². The monoisotopic (exact) mass is 235 g/mol. The van der Waals surface area contributed by atoms with Crippen molar-refractivity contribution in [2.75, 3.05) is 0 Å². The van der Waals surface area contributed by atoms with Gasteiger partial charge in [0.05, 0.1) is 0 Å². The normalized spacial score (nSPS) is 10.8. The van der Waals surface area contributed by atoms with Gasteiger partial charge in [-0.3, -0.25) is 0 Å². The molecule has 0 aromatic heterocycles. The molecule has 2 aromatic rings. The molecule has 0 atom stereocenters. The van der Waals surface area contributed by atoms with Crippen LogP contribution in [0.2, 0.25) is 0 Å². The van der Waals surface area contributed by atoms with Crippen molar-refractivity contribution < 1.29 is 0 Å². The highest BCUT2D eigenvalue weighted by Gasteiger charge is 1.98. The zero-order valence-corrected chi connectivity index (χ0v) is 10.1. The van der Waals surface area contributed by atoms with E-state index in [1.165, 1.54) is 0 Å². The number of benzene rings is 2. The molecule has 0 heterocycles. The van der Waals surface area contributed by atoms with Crippen molar-refractivity contribution in [2.45, 2.75) is 6.92 Å². The molecule has 0 bridgehead atoms. The fourth-order valence-electron chi connectivity index (χ4n) is 1.77. The molecule has 3 heteroatoms. The van der Waals surface area contributed by atoms with Gasteiger partial charge in [0.2, 0.25) is 0 Å². The first-order valence-electron chi connectivity index (χ1n) is 5.69. The molecule has 0 saturated heterocycles. The van der Waals surface area contributed by atoms with E-state index in [9.17, 15) is 0 Å². The van der Waals surface area contributed by atoms with Crippen molar-refractivity contribution in [1.82, 2.24) is 0 Å². The fraction of sp³-hybridized carbons (Fsp3) is 0.0667. The van der Waals surface area contributed by atoms with Crippen molar-refractivity contribution in [1.29, 1.82) is 0 Å². The Hall–Kier alpha value is -2.51. The molecular weight excluding hydrogens is 222 g/mol. The highest BCUT2D eigenvalue weighted by Crippen LogP contribution is 2.24. The van der Waals surface area contributed by atoms with Crippen molar-refractivity contribution in [3.05, 3.63) is 76.2 Å². The molecule has 0 amide bonds. The number of allylic oxidation sites excluding steroid dienone is 1. The molecule has 0 unspecified atom stereocenters. The van der Waals surface area contributed by atoms with E-state index in [0.29, 0.717) is 5.69 Å². The average molecular weight is 235 g/mol. The molecule has 18 heavy (non-hydrogen) atoms. The lowest BCUT2D eigenvalue weighted by Gasteiger charge is -2.03. The Labute approximate surface area is 106 Å². The Kier molecular flexibility index (Phi) is 3.79. The first kappa shape index (κ1) is 12.0. The molecule has 2 aromatic carbocycles. The molecule has 88 valence electrons. The van der Waals surface area contributed by atoms with E-state index in [1.54, 1.807) is 0 Å². The van der Waals surface area contributed by atoms with E-state index in [2.05, 4.69) is 22.2 Å². The third kappa shape index (κ3) is 2.78. The van der Waals surface area contributed by atoms with E-state index in [1.807, 2.05) is 55.5 Å². The maximum atomic E-state index is 8.53. The average Bonchev–Trinajstić information content (AvgIpc) is 2.42. The summed E-state index contributed by atoms with van der Waals surface area (Å²) in [7, 11) is 0. The van der Waals surface area contributed by atoms with E-state index in [4.69, 9.17) is 5.53 Å². The number of azide groups is 1. The lowest BCUT2D eigenvalue weighted by atomic mass is 10.0. The summed E-state index contributed by atoms with van der Waals surface area (Å²) in [5.74, 6) is 0. The number of hydrogen-bond donors (Lipinski definition) is 0. The van der Waals surface area contributed by atoms with Crippen molar-refractivity contribution >= 4 is 17.3 Å². The molecular formula is C15H13N3.